The van der Waals surface area contributed by atoms with Crippen molar-refractivity contribution in [2.75, 3.05) is 7.05 Å². The number of amides is 1. The highest BCUT2D eigenvalue weighted by Crippen LogP contribution is 2.15. The van der Waals surface area contributed by atoms with Crippen LogP contribution >= 0.6 is 0 Å². The summed E-state index contributed by atoms with van der Waals surface area (Å²) in [6.07, 6.45) is 0. The second kappa shape index (κ2) is 7.12. The molecule has 0 saturated heterocycles. The molecule has 0 aliphatic rings. The number of rotatable bonds is 5. The first-order valence-electron chi connectivity index (χ1n) is 7.65. The Morgan fingerprint density at radius 3 is 2.52 bits per heavy atom. The molecule has 0 radical (unpaired) electrons. The maximum atomic E-state index is 13.0. The summed E-state index contributed by atoms with van der Waals surface area (Å²) in [6.45, 7) is 0.198. The first kappa shape index (κ1) is 16.6. The molecule has 0 aliphatic heterocycles. The number of nitrogens with zero attached hydrogens (tertiary/aromatic N) is 3. The molecule has 0 bridgehead atoms. The predicted octanol–water partition coefficient (Wildman–Crippen LogP) is 2.30. The fourth-order valence-corrected chi connectivity index (χ4v) is 2.31. The molecule has 3 aromatic rings. The molecule has 0 aliphatic carbocycles. The van der Waals surface area contributed by atoms with Gasteiger partial charge in [0.05, 0.1) is 0 Å². The van der Waals surface area contributed by atoms with Crippen LogP contribution in [0.1, 0.15) is 5.56 Å². The van der Waals surface area contributed by atoms with Crippen molar-refractivity contribution in [1.29, 1.82) is 0 Å². The first-order chi connectivity index (χ1) is 12.0. The number of benzene rings is 2. The van der Waals surface area contributed by atoms with Gasteiger partial charge in [0.1, 0.15) is 12.4 Å². The number of halogens is 1. The van der Waals surface area contributed by atoms with Crippen molar-refractivity contribution < 1.29 is 13.6 Å². The molecule has 1 heterocycles. The summed E-state index contributed by atoms with van der Waals surface area (Å²) in [5.41, 5.74) is 1.44. The molecule has 0 atom stereocenters. The Kier molecular flexibility index (Phi) is 4.74. The van der Waals surface area contributed by atoms with Crippen LogP contribution < -0.4 is 5.76 Å². The smallest absolute Gasteiger partial charge is 0.388 e. The summed E-state index contributed by atoms with van der Waals surface area (Å²) in [7, 11) is 1.65. The summed E-state index contributed by atoms with van der Waals surface area (Å²) >= 11 is 0. The largest absolute Gasteiger partial charge is 0.437 e. The molecule has 2 aromatic carbocycles. The molecule has 1 aromatic heterocycles. The van der Waals surface area contributed by atoms with Crippen LogP contribution in [0.15, 0.2) is 63.8 Å². The monoisotopic (exact) mass is 341 g/mol. The van der Waals surface area contributed by atoms with Gasteiger partial charge in [-0.15, -0.1) is 5.10 Å². The first-order valence-corrected chi connectivity index (χ1v) is 7.65. The number of hydrogen-bond acceptors (Lipinski definition) is 4. The molecule has 6 nitrogen and oxygen atoms in total. The second-order valence-electron chi connectivity index (χ2n) is 5.57. The number of aromatic nitrogens is 2. The van der Waals surface area contributed by atoms with Crippen molar-refractivity contribution in [2.24, 2.45) is 0 Å². The highest BCUT2D eigenvalue weighted by atomic mass is 19.1. The van der Waals surface area contributed by atoms with Gasteiger partial charge in [-0.1, -0.05) is 30.3 Å². The molecule has 128 valence electrons. The van der Waals surface area contributed by atoms with Gasteiger partial charge in [-0.25, -0.2) is 9.18 Å². The minimum absolute atomic E-state index is 0.0449. The van der Waals surface area contributed by atoms with Gasteiger partial charge in [-0.3, -0.25) is 4.79 Å². The summed E-state index contributed by atoms with van der Waals surface area (Å²) in [5, 5.41) is 4.01. The average molecular weight is 341 g/mol. The quantitative estimate of drug-likeness (QED) is 0.714. The van der Waals surface area contributed by atoms with Gasteiger partial charge >= 0.3 is 5.76 Å². The zero-order chi connectivity index (χ0) is 17.8. The third-order valence-corrected chi connectivity index (χ3v) is 3.67. The number of hydrogen-bond donors (Lipinski definition) is 0. The van der Waals surface area contributed by atoms with Crippen molar-refractivity contribution in [3.05, 3.63) is 76.5 Å². The highest BCUT2D eigenvalue weighted by molar-refractivity contribution is 5.75. The van der Waals surface area contributed by atoms with Gasteiger partial charge in [0.15, 0.2) is 0 Å². The summed E-state index contributed by atoms with van der Waals surface area (Å²) in [4.78, 5) is 25.7. The van der Waals surface area contributed by atoms with Gasteiger partial charge in [0.2, 0.25) is 11.8 Å². The van der Waals surface area contributed by atoms with Crippen LogP contribution in [-0.2, 0) is 17.9 Å². The Morgan fingerprint density at radius 1 is 1.16 bits per heavy atom. The van der Waals surface area contributed by atoms with Crippen LogP contribution in [-0.4, -0.2) is 27.6 Å². The Morgan fingerprint density at radius 2 is 1.84 bits per heavy atom. The van der Waals surface area contributed by atoms with E-state index >= 15 is 0 Å². The Balaban J connectivity index is 1.71. The van der Waals surface area contributed by atoms with Gasteiger partial charge in [-0.2, -0.15) is 4.68 Å². The minimum Gasteiger partial charge on any atom is -0.388 e. The molecule has 3 rings (SSSR count). The number of carbonyl (C=O) groups is 1. The van der Waals surface area contributed by atoms with E-state index in [4.69, 9.17) is 4.42 Å². The lowest BCUT2D eigenvalue weighted by Gasteiger charge is -2.16. The lowest BCUT2D eigenvalue weighted by molar-refractivity contribution is -0.131. The van der Waals surface area contributed by atoms with E-state index in [1.165, 1.54) is 29.2 Å². The zero-order valence-electron chi connectivity index (χ0n) is 13.6. The van der Waals surface area contributed by atoms with Crippen LogP contribution in [0.25, 0.3) is 11.5 Å². The fraction of sp³-hybridized carbons (Fsp3) is 0.167. The third-order valence-electron chi connectivity index (χ3n) is 3.67. The van der Waals surface area contributed by atoms with Crippen LogP contribution in [0.2, 0.25) is 0 Å². The normalized spacial score (nSPS) is 10.6. The minimum atomic E-state index is -0.735. The van der Waals surface area contributed by atoms with E-state index in [0.29, 0.717) is 12.1 Å². The van der Waals surface area contributed by atoms with Gasteiger partial charge < -0.3 is 9.32 Å². The van der Waals surface area contributed by atoms with E-state index in [9.17, 15) is 14.0 Å². The van der Waals surface area contributed by atoms with E-state index < -0.39 is 11.6 Å². The van der Waals surface area contributed by atoms with Crippen molar-refractivity contribution >= 4 is 5.91 Å². The maximum Gasteiger partial charge on any atom is 0.437 e. The SMILES string of the molecule is CN(Cc1ccccc1)C(=O)Cn1nc(-c2ccc(F)cc2)oc1=O. The maximum absolute atomic E-state index is 13.0. The summed E-state index contributed by atoms with van der Waals surface area (Å²) in [5.74, 6) is -1.36. The molecule has 0 saturated carbocycles. The van der Waals surface area contributed by atoms with Gasteiger partial charge in [-0.05, 0) is 29.8 Å². The van der Waals surface area contributed by atoms with E-state index in [2.05, 4.69) is 5.10 Å². The fourth-order valence-electron chi connectivity index (χ4n) is 2.31. The predicted molar refractivity (Wildman–Crippen MR) is 89.1 cm³/mol. The van der Waals surface area contributed by atoms with E-state index in [-0.39, 0.29) is 18.3 Å². The lowest BCUT2D eigenvalue weighted by atomic mass is 10.2. The summed E-state index contributed by atoms with van der Waals surface area (Å²) in [6, 6.07) is 14.9. The Bertz CT molecular complexity index is 917. The molecule has 0 spiro atoms. The van der Waals surface area contributed by atoms with E-state index in [1.807, 2.05) is 30.3 Å². The third kappa shape index (κ3) is 4.00. The van der Waals surface area contributed by atoms with E-state index in [1.54, 1.807) is 7.05 Å². The van der Waals surface area contributed by atoms with Crippen molar-refractivity contribution in [2.45, 2.75) is 13.1 Å². The van der Waals surface area contributed by atoms with Crippen LogP contribution in [0.5, 0.6) is 0 Å². The van der Waals surface area contributed by atoms with Gasteiger partial charge in [0.25, 0.3) is 0 Å². The van der Waals surface area contributed by atoms with Crippen molar-refractivity contribution in [3.8, 4) is 11.5 Å². The topological polar surface area (TPSA) is 68.3 Å². The number of likely N-dealkylation sites (N-methyl/N-ethyl adjacent to an activating group) is 1. The zero-order valence-corrected chi connectivity index (χ0v) is 13.6. The molecule has 0 unspecified atom stereocenters. The van der Waals surface area contributed by atoms with E-state index in [0.717, 1.165) is 10.2 Å². The standard InChI is InChI=1S/C18H16FN3O3/c1-21(11-13-5-3-2-4-6-13)16(23)12-22-18(24)25-17(20-22)14-7-9-15(19)10-8-14/h2-10H,11-12H2,1H3. The Labute approximate surface area is 143 Å². The lowest BCUT2D eigenvalue weighted by Crippen LogP contribution is -2.32. The molecular formula is C18H16FN3O3. The molecule has 0 N–H and O–H groups in total. The van der Waals surface area contributed by atoms with Gasteiger partial charge in [0, 0.05) is 19.2 Å². The Hall–Kier alpha value is -3.22. The van der Waals surface area contributed by atoms with Crippen LogP contribution in [0.4, 0.5) is 4.39 Å². The van der Waals surface area contributed by atoms with Crippen molar-refractivity contribution in [1.82, 2.24) is 14.7 Å². The molecule has 25 heavy (non-hydrogen) atoms. The van der Waals surface area contributed by atoms with Crippen LogP contribution in [0.3, 0.4) is 0 Å². The molecule has 1 amide bonds. The average Bonchev–Trinajstić information content (AvgIpc) is 2.97. The second-order valence-corrected chi connectivity index (χ2v) is 5.57. The molecular weight excluding hydrogens is 325 g/mol. The van der Waals surface area contributed by atoms with Crippen molar-refractivity contribution in [3.63, 3.8) is 0 Å². The highest BCUT2D eigenvalue weighted by Gasteiger charge is 2.16. The number of carbonyl (C=O) groups excluding carboxylic acids is 1. The summed E-state index contributed by atoms with van der Waals surface area (Å²) < 4.78 is 19.0. The molecule has 7 heteroatoms. The van der Waals surface area contributed by atoms with Crippen LogP contribution in [0, 0.1) is 5.82 Å². The molecule has 0 fully saturated rings.